The summed E-state index contributed by atoms with van der Waals surface area (Å²) in [4.78, 5) is 3.96. The Morgan fingerprint density at radius 2 is 2.27 bits per heavy atom. The van der Waals surface area contributed by atoms with Crippen LogP contribution in [-0.4, -0.2) is 13.7 Å². The smallest absolute Gasteiger partial charge is 0.129 e. The summed E-state index contributed by atoms with van der Waals surface area (Å²) in [5.74, 6) is 0. The van der Waals surface area contributed by atoms with Crippen molar-refractivity contribution in [3.63, 3.8) is 0 Å². The van der Waals surface area contributed by atoms with Gasteiger partial charge in [-0.3, -0.25) is 4.21 Å². The van der Waals surface area contributed by atoms with Gasteiger partial charge in [0, 0.05) is 4.90 Å². The number of aryl methyl sites for hydroxylation is 1. The van der Waals surface area contributed by atoms with Crippen molar-refractivity contribution in [2.45, 2.75) is 11.8 Å². The van der Waals surface area contributed by atoms with E-state index in [1.165, 1.54) is 12.1 Å². The molecule has 0 saturated carbocycles. The Morgan fingerprint density at radius 1 is 1.64 bits per heavy atom. The second kappa shape index (κ2) is 3.30. The highest BCUT2D eigenvalue weighted by Gasteiger charge is 1.99. The molecule has 0 aliphatic rings. The summed E-state index contributed by atoms with van der Waals surface area (Å²) >= 11 is 3.29. The van der Waals surface area contributed by atoms with Crippen LogP contribution in [0, 0.1) is 6.92 Å². The molecule has 0 fully saturated rings. The van der Waals surface area contributed by atoms with Crippen LogP contribution in [-0.2, 0) is 11.1 Å². The van der Waals surface area contributed by atoms with Gasteiger partial charge in [0.15, 0.2) is 0 Å². The van der Waals surface area contributed by atoms with Gasteiger partial charge in [0.2, 0.25) is 0 Å². The molecule has 0 bridgehead atoms. The first-order chi connectivity index (χ1) is 5.11. The Hall–Kier alpha value is -0.450. The monoisotopic (exact) mass is 190 g/mol. The predicted molar refractivity (Wildman–Crippen MR) is 41.2 cm³/mol. The SMILES string of the molecule is Cc1nc(Cl)ccc1S(=O)[O-]. The summed E-state index contributed by atoms with van der Waals surface area (Å²) in [5, 5.41) is 0.303. The second-order valence-electron chi connectivity index (χ2n) is 1.95. The molecule has 0 radical (unpaired) electrons. The molecule has 0 aliphatic heterocycles. The van der Waals surface area contributed by atoms with Crippen molar-refractivity contribution in [1.29, 1.82) is 0 Å². The number of nitrogens with zero attached hydrogens (tertiary/aromatic N) is 1. The largest absolute Gasteiger partial charge is 0.768 e. The Labute approximate surface area is 71.7 Å². The zero-order chi connectivity index (χ0) is 8.43. The minimum Gasteiger partial charge on any atom is -0.768 e. The lowest BCUT2D eigenvalue weighted by Crippen LogP contribution is -1.94. The molecule has 3 nitrogen and oxygen atoms in total. The highest BCUT2D eigenvalue weighted by Crippen LogP contribution is 2.12. The lowest BCUT2D eigenvalue weighted by molar-refractivity contribution is 0.536. The number of rotatable bonds is 1. The highest BCUT2D eigenvalue weighted by molar-refractivity contribution is 7.79. The van der Waals surface area contributed by atoms with Crippen LogP contribution in [0.5, 0.6) is 0 Å². The first-order valence-electron chi connectivity index (χ1n) is 2.83. The molecule has 0 saturated heterocycles. The van der Waals surface area contributed by atoms with Crippen LogP contribution in [0.25, 0.3) is 0 Å². The summed E-state index contributed by atoms with van der Waals surface area (Å²) in [5.41, 5.74) is 0.422. The van der Waals surface area contributed by atoms with Gasteiger partial charge >= 0.3 is 0 Å². The standard InChI is InChI=1S/C6H6ClNO2S/c1-4-5(11(9)10)2-3-6(7)8-4/h2-3H,1H3,(H,9,10)/p-1. The molecule has 60 valence electrons. The number of pyridine rings is 1. The third kappa shape index (κ3) is 1.99. The van der Waals surface area contributed by atoms with Crippen molar-refractivity contribution >= 4 is 22.7 Å². The number of aromatic nitrogens is 1. The van der Waals surface area contributed by atoms with Crippen molar-refractivity contribution in [1.82, 2.24) is 4.98 Å². The summed E-state index contributed by atoms with van der Waals surface area (Å²) < 4.78 is 20.9. The molecule has 0 aromatic carbocycles. The quantitative estimate of drug-likeness (QED) is 0.495. The predicted octanol–water partition coefficient (Wildman–Crippen LogP) is 1.28. The van der Waals surface area contributed by atoms with Gasteiger partial charge in [-0.25, -0.2) is 4.98 Å². The van der Waals surface area contributed by atoms with E-state index in [0.29, 0.717) is 10.8 Å². The van der Waals surface area contributed by atoms with Crippen LogP contribution in [0.2, 0.25) is 5.15 Å². The first kappa shape index (κ1) is 8.64. The van der Waals surface area contributed by atoms with Crippen molar-refractivity contribution in [2.75, 3.05) is 0 Å². The average molecular weight is 191 g/mol. The van der Waals surface area contributed by atoms with Crippen LogP contribution in [0.1, 0.15) is 5.69 Å². The van der Waals surface area contributed by atoms with Crippen molar-refractivity contribution in [3.05, 3.63) is 23.0 Å². The molecule has 5 heteroatoms. The number of hydrogen-bond donors (Lipinski definition) is 0. The summed E-state index contributed by atoms with van der Waals surface area (Å²) in [7, 11) is 0. The zero-order valence-electron chi connectivity index (χ0n) is 5.70. The highest BCUT2D eigenvalue weighted by atomic mass is 35.5. The van der Waals surface area contributed by atoms with E-state index in [-0.39, 0.29) is 4.90 Å². The normalized spacial score (nSPS) is 13.0. The van der Waals surface area contributed by atoms with Gasteiger partial charge in [-0.15, -0.1) is 0 Å². The van der Waals surface area contributed by atoms with E-state index in [1.54, 1.807) is 6.92 Å². The van der Waals surface area contributed by atoms with Gasteiger partial charge in [0.1, 0.15) is 5.15 Å². The molecular weight excluding hydrogens is 186 g/mol. The van der Waals surface area contributed by atoms with Gasteiger partial charge in [-0.05, 0) is 30.1 Å². The van der Waals surface area contributed by atoms with Gasteiger partial charge in [0.05, 0.1) is 5.69 Å². The lowest BCUT2D eigenvalue weighted by Gasteiger charge is -2.06. The Balaban J connectivity index is 3.20. The van der Waals surface area contributed by atoms with Crippen LogP contribution in [0.15, 0.2) is 17.0 Å². The zero-order valence-corrected chi connectivity index (χ0v) is 7.28. The van der Waals surface area contributed by atoms with E-state index >= 15 is 0 Å². The van der Waals surface area contributed by atoms with E-state index in [9.17, 15) is 8.76 Å². The minimum atomic E-state index is -2.22. The minimum absolute atomic E-state index is 0.189. The summed E-state index contributed by atoms with van der Waals surface area (Å²) in [6.07, 6.45) is 0. The molecular formula is C6H5ClNO2S-. The topological polar surface area (TPSA) is 53.0 Å². The first-order valence-corrected chi connectivity index (χ1v) is 4.29. The van der Waals surface area contributed by atoms with Gasteiger partial charge in [0.25, 0.3) is 0 Å². The van der Waals surface area contributed by atoms with Gasteiger partial charge in [-0.2, -0.15) is 0 Å². The van der Waals surface area contributed by atoms with E-state index in [2.05, 4.69) is 4.98 Å². The van der Waals surface area contributed by atoms with E-state index in [4.69, 9.17) is 11.6 Å². The number of hydrogen-bond acceptors (Lipinski definition) is 3. The maximum atomic E-state index is 10.4. The fraction of sp³-hybridized carbons (Fsp3) is 0.167. The fourth-order valence-electron chi connectivity index (χ4n) is 0.694. The Kier molecular flexibility index (Phi) is 2.59. The molecule has 0 amide bonds. The molecule has 11 heavy (non-hydrogen) atoms. The van der Waals surface area contributed by atoms with Crippen molar-refractivity contribution in [2.24, 2.45) is 0 Å². The van der Waals surface area contributed by atoms with E-state index in [1.807, 2.05) is 0 Å². The lowest BCUT2D eigenvalue weighted by atomic mass is 10.4. The number of halogens is 1. The molecule has 1 atom stereocenters. The van der Waals surface area contributed by atoms with Crippen LogP contribution in [0.4, 0.5) is 0 Å². The average Bonchev–Trinajstić information content (AvgIpc) is 1.85. The Bertz CT molecular complexity index is 303. The molecule has 1 rings (SSSR count). The van der Waals surface area contributed by atoms with Crippen molar-refractivity contribution < 1.29 is 8.76 Å². The van der Waals surface area contributed by atoms with E-state index in [0.717, 1.165) is 0 Å². The third-order valence-electron chi connectivity index (χ3n) is 1.18. The van der Waals surface area contributed by atoms with Crippen LogP contribution < -0.4 is 0 Å². The third-order valence-corrected chi connectivity index (χ3v) is 2.18. The van der Waals surface area contributed by atoms with Gasteiger partial charge < -0.3 is 4.55 Å². The molecule has 1 aromatic heterocycles. The fourth-order valence-corrected chi connectivity index (χ4v) is 1.35. The molecule has 1 unspecified atom stereocenters. The molecule has 1 aromatic rings. The van der Waals surface area contributed by atoms with Crippen molar-refractivity contribution in [3.8, 4) is 0 Å². The van der Waals surface area contributed by atoms with Crippen LogP contribution in [0.3, 0.4) is 0 Å². The Morgan fingerprint density at radius 3 is 2.73 bits per heavy atom. The molecule has 0 aliphatic carbocycles. The van der Waals surface area contributed by atoms with E-state index < -0.39 is 11.1 Å². The maximum absolute atomic E-state index is 10.4. The molecule has 0 spiro atoms. The molecule has 1 heterocycles. The summed E-state index contributed by atoms with van der Waals surface area (Å²) in [6.45, 7) is 1.59. The van der Waals surface area contributed by atoms with Crippen LogP contribution >= 0.6 is 11.6 Å². The summed E-state index contributed by atoms with van der Waals surface area (Å²) in [6, 6.07) is 2.87. The van der Waals surface area contributed by atoms with Gasteiger partial charge in [-0.1, -0.05) is 11.6 Å². The second-order valence-corrected chi connectivity index (χ2v) is 3.25. The maximum Gasteiger partial charge on any atom is 0.129 e. The molecule has 0 N–H and O–H groups in total.